The highest BCUT2D eigenvalue weighted by molar-refractivity contribution is 5.99. The first kappa shape index (κ1) is 56.1. The minimum absolute atomic E-state index is 0.0573. The largest absolute Gasteiger partial charge is 0.347 e. The van der Waals surface area contributed by atoms with Gasteiger partial charge in [-0.15, -0.1) is 0 Å². The molecule has 8 amide bonds. The van der Waals surface area contributed by atoms with Crippen molar-refractivity contribution in [1.29, 1.82) is 0 Å². The normalized spacial score (nSPS) is 24.7. The van der Waals surface area contributed by atoms with Gasteiger partial charge in [0, 0.05) is 36.3 Å². The van der Waals surface area contributed by atoms with Crippen LogP contribution in [0.4, 0.5) is 0 Å². The molecule has 2 saturated carbocycles. The molecule has 10 atom stereocenters. The van der Waals surface area contributed by atoms with Gasteiger partial charge in [0.25, 0.3) is 11.8 Å². The number of rotatable bonds is 18. The molecular formula is C60H80N10O8. The summed E-state index contributed by atoms with van der Waals surface area (Å²) in [4.78, 5) is 116. The molecule has 78 heavy (non-hydrogen) atoms. The summed E-state index contributed by atoms with van der Waals surface area (Å²) in [5, 5.41) is 24.6. The zero-order valence-corrected chi connectivity index (χ0v) is 45.7. The molecule has 4 aliphatic carbocycles. The van der Waals surface area contributed by atoms with Crippen LogP contribution in [0.2, 0.25) is 0 Å². The van der Waals surface area contributed by atoms with Gasteiger partial charge in [-0.2, -0.15) is 0 Å². The van der Waals surface area contributed by atoms with Crippen LogP contribution in [0, 0.1) is 11.8 Å². The lowest BCUT2D eigenvalue weighted by Crippen LogP contribution is -2.58. The summed E-state index contributed by atoms with van der Waals surface area (Å²) in [6.07, 6.45) is 12.4. The van der Waals surface area contributed by atoms with Crippen LogP contribution >= 0.6 is 0 Å². The average Bonchev–Trinajstić information content (AvgIpc) is 4.31. The maximum Gasteiger partial charge on any atom is 0.251 e. The van der Waals surface area contributed by atoms with Crippen LogP contribution in [0.25, 0.3) is 0 Å². The molecule has 1 unspecified atom stereocenters. The van der Waals surface area contributed by atoms with Crippen molar-refractivity contribution in [1.82, 2.24) is 52.3 Å². The van der Waals surface area contributed by atoms with E-state index in [1.54, 1.807) is 62.0 Å². The van der Waals surface area contributed by atoms with Crippen molar-refractivity contribution in [2.24, 2.45) is 11.8 Å². The van der Waals surface area contributed by atoms with Gasteiger partial charge in [0.2, 0.25) is 35.4 Å². The number of benzene rings is 3. The number of carbonyl (C=O) groups excluding carboxylic acids is 8. The molecule has 6 aliphatic rings. The zero-order chi connectivity index (χ0) is 55.0. The summed E-state index contributed by atoms with van der Waals surface area (Å²) in [7, 11) is 3.37. The van der Waals surface area contributed by atoms with Gasteiger partial charge >= 0.3 is 0 Å². The van der Waals surface area contributed by atoms with E-state index in [-0.39, 0.29) is 96.4 Å². The number of aryl methyl sites for hydroxylation is 2. The second-order valence-electron chi connectivity index (χ2n) is 22.8. The zero-order valence-electron chi connectivity index (χ0n) is 45.7. The van der Waals surface area contributed by atoms with Crippen LogP contribution in [0.3, 0.4) is 0 Å². The minimum atomic E-state index is -0.905. The van der Waals surface area contributed by atoms with Crippen LogP contribution in [-0.2, 0) is 41.6 Å². The van der Waals surface area contributed by atoms with Crippen LogP contribution in [0.1, 0.15) is 159 Å². The summed E-state index contributed by atoms with van der Waals surface area (Å²) < 4.78 is 0. The van der Waals surface area contributed by atoms with E-state index < -0.39 is 60.1 Å². The van der Waals surface area contributed by atoms with Crippen LogP contribution in [0.15, 0.2) is 72.8 Å². The van der Waals surface area contributed by atoms with Crippen molar-refractivity contribution >= 4 is 47.3 Å². The third-order valence-electron chi connectivity index (χ3n) is 17.8. The SMILES string of the molecule is CN[C@@H](C)C(=O)N[C@H](C(=O)N1C[C@@H](NC(=O)c2ccc(C(=O)N[C@H]3C[C@@H](C(=O)N[C@@H]4CCc5ccccc54)N(C(=O)[C@@H](NC(=O)[C@H](C)NC)C4CCCCC4)C3)cc2)CC1C(=O)N[C@@H]1CCc2ccccc21)C1CCCCC1. The molecule has 0 aromatic heterocycles. The van der Waals surface area contributed by atoms with Gasteiger partial charge in [-0.05, 0) is 151 Å². The van der Waals surface area contributed by atoms with E-state index in [2.05, 4.69) is 54.7 Å². The molecule has 3 aromatic rings. The van der Waals surface area contributed by atoms with E-state index >= 15 is 0 Å². The summed E-state index contributed by atoms with van der Waals surface area (Å²) in [6, 6.07) is 16.0. The fourth-order valence-corrected chi connectivity index (χ4v) is 13.0. The van der Waals surface area contributed by atoms with E-state index in [9.17, 15) is 38.4 Å². The summed E-state index contributed by atoms with van der Waals surface area (Å²) in [5.41, 5.74) is 4.98. The van der Waals surface area contributed by atoms with Gasteiger partial charge in [0.05, 0.1) is 24.2 Å². The molecule has 0 radical (unpaired) electrons. The highest BCUT2D eigenvalue weighted by Gasteiger charge is 2.47. The van der Waals surface area contributed by atoms with Gasteiger partial charge in [-0.3, -0.25) is 38.4 Å². The Morgan fingerprint density at radius 3 is 1.22 bits per heavy atom. The fourth-order valence-electron chi connectivity index (χ4n) is 13.0. The summed E-state index contributed by atoms with van der Waals surface area (Å²) >= 11 is 0. The van der Waals surface area contributed by atoms with Crippen LogP contribution in [-0.4, -0.2) is 133 Å². The second kappa shape index (κ2) is 25.4. The Kier molecular flexibility index (Phi) is 18.3. The maximum absolute atomic E-state index is 14.9. The van der Waals surface area contributed by atoms with Crippen LogP contribution in [0.5, 0.6) is 0 Å². The Morgan fingerprint density at radius 1 is 0.474 bits per heavy atom. The molecule has 2 saturated heterocycles. The number of hydrogen-bond acceptors (Lipinski definition) is 10. The Bertz CT molecular complexity index is 2510. The van der Waals surface area contributed by atoms with Gasteiger partial charge in [-0.1, -0.05) is 87.1 Å². The molecule has 18 nitrogen and oxygen atoms in total. The van der Waals surface area contributed by atoms with Crippen molar-refractivity contribution in [3.8, 4) is 0 Å². The Labute approximate surface area is 458 Å². The monoisotopic (exact) mass is 1070 g/mol. The molecule has 18 heteroatoms. The number of likely N-dealkylation sites (tertiary alicyclic amines) is 2. The summed E-state index contributed by atoms with van der Waals surface area (Å²) in [6.45, 7) is 3.58. The van der Waals surface area contributed by atoms with E-state index in [1.807, 2.05) is 36.4 Å². The van der Waals surface area contributed by atoms with E-state index in [0.717, 1.165) is 101 Å². The number of amides is 8. The molecular weight excluding hydrogens is 989 g/mol. The van der Waals surface area contributed by atoms with Gasteiger partial charge in [-0.25, -0.2) is 0 Å². The van der Waals surface area contributed by atoms with Crippen molar-refractivity contribution in [3.63, 3.8) is 0 Å². The van der Waals surface area contributed by atoms with Crippen molar-refractivity contribution in [2.45, 2.75) is 177 Å². The van der Waals surface area contributed by atoms with E-state index in [1.165, 1.54) is 11.1 Å². The molecule has 418 valence electrons. The first-order chi connectivity index (χ1) is 37.7. The fraction of sp³-hybridized carbons (Fsp3) is 0.567. The number of likely N-dealkylation sites (N-methyl/N-ethyl adjacent to an activating group) is 2. The smallest absolute Gasteiger partial charge is 0.251 e. The standard InChI is InChI=1S/C60H80N10O8/c1-35(61-3)53(71)67-51(39-17-7-5-8-18-39)59(77)69-33-43(31-49(69)57(75)65-47-29-27-37-15-11-13-21-45(37)47)63-55(73)41-23-25-42(26-24-41)56(74)64-44-32-50(58(76)66-48-30-28-38-16-12-14-22-46(38)48)70(34-44)60(78)52(40-19-9-6-10-20-40)68-54(72)36(2)62-4/h11-16,21-26,35-36,39-40,43-44,47-52,61-62H,5-10,17-20,27-34H2,1-4H3,(H,63,73)(H,64,74)(H,65,75)(H,66,76)(H,67,71)(H,68,72)/t35-,36-,43-,44-,47+,48+,49-,50?,51-,52-/m0/s1. The molecule has 0 bridgehead atoms. The van der Waals surface area contributed by atoms with Gasteiger partial charge in [0.15, 0.2) is 0 Å². The predicted octanol–water partition coefficient (Wildman–Crippen LogP) is 4.04. The van der Waals surface area contributed by atoms with Crippen molar-refractivity contribution in [2.75, 3.05) is 27.2 Å². The van der Waals surface area contributed by atoms with Gasteiger partial charge in [0.1, 0.15) is 24.2 Å². The van der Waals surface area contributed by atoms with Crippen molar-refractivity contribution < 1.29 is 38.4 Å². The Balaban J connectivity index is 0.888. The lowest BCUT2D eigenvalue weighted by molar-refractivity contribution is -0.143. The lowest BCUT2D eigenvalue weighted by atomic mass is 9.83. The molecule has 9 rings (SSSR count). The minimum Gasteiger partial charge on any atom is -0.347 e. The number of fused-ring (bicyclic) bond motifs is 2. The van der Waals surface area contributed by atoms with E-state index in [4.69, 9.17) is 0 Å². The Morgan fingerprint density at radius 2 is 0.846 bits per heavy atom. The summed E-state index contributed by atoms with van der Waals surface area (Å²) in [5.74, 6) is -3.00. The number of carbonyl (C=O) groups is 8. The maximum atomic E-state index is 14.9. The van der Waals surface area contributed by atoms with E-state index in [0.29, 0.717) is 0 Å². The highest BCUT2D eigenvalue weighted by atomic mass is 16.2. The Hall–Kier alpha value is -6.66. The lowest BCUT2D eigenvalue weighted by Gasteiger charge is -2.35. The van der Waals surface area contributed by atoms with Crippen LogP contribution < -0.4 is 42.5 Å². The molecule has 3 aromatic carbocycles. The predicted molar refractivity (Wildman–Crippen MR) is 295 cm³/mol. The third-order valence-corrected chi connectivity index (χ3v) is 17.8. The topological polar surface area (TPSA) is 239 Å². The quantitative estimate of drug-likeness (QED) is 0.0910. The van der Waals surface area contributed by atoms with Crippen molar-refractivity contribution in [3.05, 3.63) is 106 Å². The number of nitrogens with zero attached hydrogens (tertiary/aromatic N) is 2. The molecule has 8 N–H and O–H groups in total. The molecule has 2 heterocycles. The molecule has 0 spiro atoms. The molecule has 4 fully saturated rings. The second-order valence-corrected chi connectivity index (χ2v) is 22.8. The first-order valence-corrected chi connectivity index (χ1v) is 28.8. The molecule has 2 aliphatic heterocycles. The number of hydrogen-bond donors (Lipinski definition) is 8. The average molecular weight is 1070 g/mol. The number of nitrogens with one attached hydrogen (secondary N) is 8. The highest BCUT2D eigenvalue weighted by Crippen LogP contribution is 2.35. The first-order valence-electron chi connectivity index (χ1n) is 28.8. The van der Waals surface area contributed by atoms with Gasteiger partial charge < -0.3 is 52.3 Å². The third kappa shape index (κ3) is 12.8.